The van der Waals surface area contributed by atoms with Crippen molar-refractivity contribution in [3.8, 4) is 23.0 Å². The van der Waals surface area contributed by atoms with Gasteiger partial charge in [-0.1, -0.05) is 92.7 Å². The van der Waals surface area contributed by atoms with E-state index in [9.17, 15) is 20.4 Å². The van der Waals surface area contributed by atoms with E-state index in [2.05, 4.69) is 19.9 Å². The monoisotopic (exact) mass is 572 g/mol. The van der Waals surface area contributed by atoms with Crippen molar-refractivity contribution in [1.29, 1.82) is 0 Å². The van der Waals surface area contributed by atoms with Gasteiger partial charge < -0.3 is 20.4 Å². The standard InChI is InChI=1S/C39H40O4/c1-22-12-13-30(21-36(22)41)27(6)32-18-25(4)39(43)34(20-32)37(28-10-8-7-9-11-28)33-19-31(17-24(3)38(33)42)26(5)29-14-15-35(40)23(2)16-29/h7-21,26-27,37,40-43H,1-6H3. The third-order valence-electron chi connectivity index (χ3n) is 8.91. The van der Waals surface area contributed by atoms with E-state index >= 15 is 0 Å². The minimum atomic E-state index is -0.439. The van der Waals surface area contributed by atoms with Gasteiger partial charge in [-0.15, -0.1) is 0 Å². The van der Waals surface area contributed by atoms with Crippen molar-refractivity contribution in [1.82, 2.24) is 0 Å². The highest BCUT2D eigenvalue weighted by atomic mass is 16.3. The summed E-state index contributed by atoms with van der Waals surface area (Å²) in [6.07, 6.45) is 0. The molecule has 4 N–H and O–H groups in total. The Hall–Kier alpha value is -4.70. The zero-order chi connectivity index (χ0) is 31.0. The molecular weight excluding hydrogens is 532 g/mol. The van der Waals surface area contributed by atoms with Crippen molar-refractivity contribution in [2.75, 3.05) is 0 Å². The fourth-order valence-corrected chi connectivity index (χ4v) is 6.01. The van der Waals surface area contributed by atoms with Crippen LogP contribution < -0.4 is 0 Å². The Balaban J connectivity index is 1.70. The largest absolute Gasteiger partial charge is 0.508 e. The molecule has 0 aliphatic rings. The second-order valence-electron chi connectivity index (χ2n) is 11.9. The molecule has 5 aromatic carbocycles. The number of phenolic OH excluding ortho intramolecular Hbond substituents is 4. The van der Waals surface area contributed by atoms with Gasteiger partial charge in [-0.05, 0) is 89.9 Å². The van der Waals surface area contributed by atoms with Gasteiger partial charge in [0.1, 0.15) is 23.0 Å². The maximum absolute atomic E-state index is 11.6. The lowest BCUT2D eigenvalue weighted by Gasteiger charge is -2.26. The number of phenols is 4. The fraction of sp³-hybridized carbons (Fsp3) is 0.231. The van der Waals surface area contributed by atoms with Crippen LogP contribution in [0.3, 0.4) is 0 Å². The van der Waals surface area contributed by atoms with Crippen LogP contribution in [0.1, 0.15) is 92.8 Å². The fourth-order valence-electron chi connectivity index (χ4n) is 6.01. The van der Waals surface area contributed by atoms with Gasteiger partial charge in [0.25, 0.3) is 0 Å². The Morgan fingerprint density at radius 2 is 0.907 bits per heavy atom. The Bertz CT molecular complexity index is 1680. The van der Waals surface area contributed by atoms with Crippen LogP contribution in [0.2, 0.25) is 0 Å². The lowest BCUT2D eigenvalue weighted by atomic mass is 9.79. The van der Waals surface area contributed by atoms with E-state index in [1.54, 1.807) is 6.07 Å². The summed E-state index contributed by atoms with van der Waals surface area (Å²) in [6, 6.07) is 29.5. The highest BCUT2D eigenvalue weighted by Gasteiger charge is 2.27. The molecule has 43 heavy (non-hydrogen) atoms. The Morgan fingerprint density at radius 3 is 1.42 bits per heavy atom. The van der Waals surface area contributed by atoms with Crippen LogP contribution in [0.5, 0.6) is 23.0 Å². The van der Waals surface area contributed by atoms with E-state index < -0.39 is 5.92 Å². The Kier molecular flexibility index (Phi) is 8.23. The number of benzene rings is 5. The first kappa shape index (κ1) is 29.8. The molecule has 0 radical (unpaired) electrons. The van der Waals surface area contributed by atoms with Gasteiger partial charge in [0.2, 0.25) is 0 Å². The van der Waals surface area contributed by atoms with Crippen LogP contribution in [0, 0.1) is 27.7 Å². The van der Waals surface area contributed by atoms with Gasteiger partial charge in [-0.2, -0.15) is 0 Å². The van der Waals surface area contributed by atoms with Crippen LogP contribution >= 0.6 is 0 Å². The molecule has 3 unspecified atom stereocenters. The van der Waals surface area contributed by atoms with Crippen molar-refractivity contribution >= 4 is 0 Å². The highest BCUT2D eigenvalue weighted by Crippen LogP contribution is 2.45. The van der Waals surface area contributed by atoms with Crippen molar-refractivity contribution in [3.63, 3.8) is 0 Å². The zero-order valence-electron chi connectivity index (χ0n) is 25.7. The number of hydrogen-bond donors (Lipinski definition) is 4. The summed E-state index contributed by atoms with van der Waals surface area (Å²) in [7, 11) is 0. The lowest BCUT2D eigenvalue weighted by molar-refractivity contribution is 0.453. The summed E-state index contributed by atoms with van der Waals surface area (Å²) in [5.74, 6) is 0.448. The average Bonchev–Trinajstić information content (AvgIpc) is 2.99. The van der Waals surface area contributed by atoms with Gasteiger partial charge >= 0.3 is 0 Å². The first-order chi connectivity index (χ1) is 20.5. The molecule has 5 rings (SSSR count). The maximum atomic E-state index is 11.6. The zero-order valence-corrected chi connectivity index (χ0v) is 25.7. The molecule has 0 heterocycles. The number of aromatic hydroxyl groups is 4. The third-order valence-corrected chi connectivity index (χ3v) is 8.91. The number of hydrogen-bond acceptors (Lipinski definition) is 4. The maximum Gasteiger partial charge on any atom is 0.122 e. The summed E-state index contributed by atoms with van der Waals surface area (Å²) < 4.78 is 0. The lowest BCUT2D eigenvalue weighted by Crippen LogP contribution is -2.09. The first-order valence-corrected chi connectivity index (χ1v) is 14.8. The molecule has 0 aliphatic heterocycles. The average molecular weight is 573 g/mol. The van der Waals surface area contributed by atoms with E-state index in [1.807, 2.05) is 107 Å². The van der Waals surface area contributed by atoms with Crippen molar-refractivity contribution in [2.45, 2.75) is 59.3 Å². The molecule has 3 atom stereocenters. The predicted octanol–water partition coefficient (Wildman–Crippen LogP) is 9.23. The highest BCUT2D eigenvalue weighted by molar-refractivity contribution is 5.59. The Labute approximate surface area is 254 Å². The van der Waals surface area contributed by atoms with Crippen LogP contribution in [-0.4, -0.2) is 20.4 Å². The molecular formula is C39H40O4. The molecule has 0 aromatic heterocycles. The third kappa shape index (κ3) is 5.83. The number of aryl methyl sites for hydroxylation is 4. The van der Waals surface area contributed by atoms with E-state index in [4.69, 9.17) is 0 Å². The van der Waals surface area contributed by atoms with Crippen LogP contribution in [0.15, 0.2) is 91.0 Å². The molecule has 220 valence electrons. The van der Waals surface area contributed by atoms with E-state index in [1.165, 1.54) is 0 Å². The van der Waals surface area contributed by atoms with E-state index in [0.717, 1.165) is 55.6 Å². The van der Waals surface area contributed by atoms with Crippen LogP contribution in [-0.2, 0) is 0 Å². The van der Waals surface area contributed by atoms with Crippen LogP contribution in [0.4, 0.5) is 0 Å². The normalized spacial score (nSPS) is 13.4. The van der Waals surface area contributed by atoms with Gasteiger partial charge in [-0.25, -0.2) is 0 Å². The minimum Gasteiger partial charge on any atom is -0.508 e. The number of rotatable bonds is 7. The molecule has 0 aliphatic carbocycles. The first-order valence-electron chi connectivity index (χ1n) is 14.8. The molecule has 0 saturated heterocycles. The van der Waals surface area contributed by atoms with Crippen molar-refractivity contribution in [3.05, 3.63) is 152 Å². The summed E-state index contributed by atoms with van der Waals surface area (Å²) in [5.41, 5.74) is 9.62. The second kappa shape index (κ2) is 11.9. The topological polar surface area (TPSA) is 80.9 Å². The summed E-state index contributed by atoms with van der Waals surface area (Å²) in [4.78, 5) is 0. The quantitative estimate of drug-likeness (QED) is 0.147. The molecule has 4 heteroatoms. The molecule has 4 nitrogen and oxygen atoms in total. The predicted molar refractivity (Wildman–Crippen MR) is 174 cm³/mol. The SMILES string of the molecule is Cc1cc(C(C)c2cc(C)c(O)c(C(c3ccccc3)c3cc(C(C)c4ccc(C)c(O)c4)cc(C)c3O)c2)ccc1O. The van der Waals surface area contributed by atoms with E-state index in [0.29, 0.717) is 5.56 Å². The molecule has 0 saturated carbocycles. The van der Waals surface area contributed by atoms with Crippen molar-refractivity contribution < 1.29 is 20.4 Å². The van der Waals surface area contributed by atoms with Gasteiger partial charge in [0.15, 0.2) is 0 Å². The summed E-state index contributed by atoms with van der Waals surface area (Å²) in [5, 5.41) is 43.6. The van der Waals surface area contributed by atoms with Gasteiger partial charge in [0, 0.05) is 28.9 Å². The van der Waals surface area contributed by atoms with Gasteiger partial charge in [-0.3, -0.25) is 0 Å². The smallest absolute Gasteiger partial charge is 0.122 e. The molecule has 5 aromatic rings. The molecule has 0 amide bonds. The minimum absolute atomic E-state index is 0.00433. The van der Waals surface area contributed by atoms with Crippen LogP contribution in [0.25, 0.3) is 0 Å². The van der Waals surface area contributed by atoms with Gasteiger partial charge in [0.05, 0.1) is 0 Å². The Morgan fingerprint density at radius 1 is 0.419 bits per heavy atom. The molecule has 0 fully saturated rings. The second-order valence-corrected chi connectivity index (χ2v) is 11.9. The summed E-state index contributed by atoms with van der Waals surface area (Å²) >= 11 is 0. The summed E-state index contributed by atoms with van der Waals surface area (Å²) in [6.45, 7) is 11.8. The molecule has 0 bridgehead atoms. The van der Waals surface area contributed by atoms with E-state index in [-0.39, 0.29) is 34.8 Å². The molecule has 0 spiro atoms. The van der Waals surface area contributed by atoms with Crippen molar-refractivity contribution in [2.24, 2.45) is 0 Å².